The first-order valence-corrected chi connectivity index (χ1v) is 4.61. The molecule has 0 aliphatic carbocycles. The number of benzene rings is 1. The number of phenols is 1. The predicted octanol–water partition coefficient (Wildman–Crippen LogP) is 2.03. The summed E-state index contributed by atoms with van der Waals surface area (Å²) in [4.78, 5) is 0. The number of aromatic hydroxyl groups is 1. The van der Waals surface area contributed by atoms with E-state index >= 15 is 0 Å². The van der Waals surface area contributed by atoms with Crippen molar-refractivity contribution < 1.29 is 9.50 Å². The van der Waals surface area contributed by atoms with Gasteiger partial charge >= 0.3 is 0 Å². The highest BCUT2D eigenvalue weighted by Crippen LogP contribution is 2.27. The molecule has 14 heavy (non-hydrogen) atoms. The molecule has 1 rings (SSSR count). The SMILES string of the molecule is CNCC(C)(C)c1cc(O)ccc1F. The fourth-order valence-corrected chi connectivity index (χ4v) is 1.57. The second kappa shape index (κ2) is 3.96. The van der Waals surface area contributed by atoms with Gasteiger partial charge in [0, 0.05) is 12.0 Å². The molecule has 0 aliphatic heterocycles. The van der Waals surface area contributed by atoms with E-state index in [1.165, 1.54) is 18.2 Å². The number of phenolic OH excluding ortho intramolecular Hbond substituents is 1. The van der Waals surface area contributed by atoms with E-state index in [1.54, 1.807) is 0 Å². The Kier molecular flexibility index (Phi) is 3.11. The van der Waals surface area contributed by atoms with Crippen LogP contribution in [0.4, 0.5) is 4.39 Å². The summed E-state index contributed by atoms with van der Waals surface area (Å²) in [6, 6.07) is 4.13. The van der Waals surface area contributed by atoms with Crippen molar-refractivity contribution in [3.63, 3.8) is 0 Å². The van der Waals surface area contributed by atoms with E-state index in [9.17, 15) is 9.50 Å². The zero-order chi connectivity index (χ0) is 10.8. The Labute approximate surface area is 83.8 Å². The van der Waals surface area contributed by atoms with Crippen LogP contribution in [0.2, 0.25) is 0 Å². The maximum atomic E-state index is 13.4. The number of hydrogen-bond acceptors (Lipinski definition) is 2. The molecular weight excluding hydrogens is 181 g/mol. The normalized spacial score (nSPS) is 11.7. The molecule has 0 fully saturated rings. The number of halogens is 1. The van der Waals surface area contributed by atoms with Crippen LogP contribution in [0.25, 0.3) is 0 Å². The molecule has 0 atom stereocenters. The highest BCUT2D eigenvalue weighted by Gasteiger charge is 2.23. The van der Waals surface area contributed by atoms with Crippen LogP contribution in [0.1, 0.15) is 19.4 Å². The first-order valence-electron chi connectivity index (χ1n) is 4.61. The molecule has 0 aromatic heterocycles. The molecule has 0 unspecified atom stereocenters. The minimum absolute atomic E-state index is 0.102. The van der Waals surface area contributed by atoms with Gasteiger partial charge in [0.05, 0.1) is 0 Å². The molecule has 1 aromatic rings. The van der Waals surface area contributed by atoms with Crippen LogP contribution in [-0.2, 0) is 5.41 Å². The van der Waals surface area contributed by atoms with Crippen molar-refractivity contribution in [1.82, 2.24) is 5.32 Å². The lowest BCUT2D eigenvalue weighted by molar-refractivity contribution is 0.443. The average Bonchev–Trinajstić information content (AvgIpc) is 2.09. The molecule has 1 aromatic carbocycles. The van der Waals surface area contributed by atoms with E-state index in [1.807, 2.05) is 20.9 Å². The molecule has 0 saturated carbocycles. The van der Waals surface area contributed by atoms with E-state index in [-0.39, 0.29) is 17.0 Å². The fourth-order valence-electron chi connectivity index (χ4n) is 1.57. The van der Waals surface area contributed by atoms with Gasteiger partial charge in [-0.25, -0.2) is 4.39 Å². The van der Waals surface area contributed by atoms with E-state index in [2.05, 4.69) is 5.32 Å². The summed E-state index contributed by atoms with van der Waals surface area (Å²) in [5.41, 5.74) is 0.212. The van der Waals surface area contributed by atoms with Crippen molar-refractivity contribution in [3.8, 4) is 5.75 Å². The summed E-state index contributed by atoms with van der Waals surface area (Å²) in [6.45, 7) is 4.52. The van der Waals surface area contributed by atoms with Gasteiger partial charge in [0.2, 0.25) is 0 Å². The van der Waals surface area contributed by atoms with Gasteiger partial charge in [0.1, 0.15) is 11.6 Å². The standard InChI is InChI=1S/C11H16FNO/c1-11(2,7-13-3)9-6-8(14)4-5-10(9)12/h4-6,13-14H,7H2,1-3H3. The van der Waals surface area contributed by atoms with E-state index in [4.69, 9.17) is 0 Å². The summed E-state index contributed by atoms with van der Waals surface area (Å²) >= 11 is 0. The van der Waals surface area contributed by atoms with Crippen LogP contribution in [-0.4, -0.2) is 18.7 Å². The van der Waals surface area contributed by atoms with Crippen LogP contribution >= 0.6 is 0 Å². The van der Waals surface area contributed by atoms with Crippen molar-refractivity contribution >= 4 is 0 Å². The lowest BCUT2D eigenvalue weighted by Gasteiger charge is -2.25. The lowest BCUT2D eigenvalue weighted by Crippen LogP contribution is -2.31. The van der Waals surface area contributed by atoms with Gasteiger partial charge in [0.25, 0.3) is 0 Å². The molecule has 0 saturated heterocycles. The van der Waals surface area contributed by atoms with Gasteiger partial charge in [-0.2, -0.15) is 0 Å². The van der Waals surface area contributed by atoms with E-state index in [0.717, 1.165) is 0 Å². The monoisotopic (exact) mass is 197 g/mol. The first-order chi connectivity index (χ1) is 6.47. The third kappa shape index (κ3) is 2.23. The second-order valence-corrected chi connectivity index (χ2v) is 4.08. The van der Waals surface area contributed by atoms with Gasteiger partial charge < -0.3 is 10.4 Å². The van der Waals surface area contributed by atoms with Gasteiger partial charge in [0.15, 0.2) is 0 Å². The smallest absolute Gasteiger partial charge is 0.127 e. The van der Waals surface area contributed by atoms with Gasteiger partial charge in [-0.05, 0) is 30.8 Å². The maximum Gasteiger partial charge on any atom is 0.127 e. The third-order valence-corrected chi connectivity index (χ3v) is 2.30. The molecule has 2 N–H and O–H groups in total. The largest absolute Gasteiger partial charge is 0.508 e. The van der Waals surface area contributed by atoms with Crippen molar-refractivity contribution in [2.24, 2.45) is 0 Å². The Bertz CT molecular complexity index is 323. The summed E-state index contributed by atoms with van der Waals surface area (Å²) in [5, 5.41) is 12.3. The number of hydrogen-bond donors (Lipinski definition) is 2. The average molecular weight is 197 g/mol. The van der Waals surface area contributed by atoms with Gasteiger partial charge in [-0.3, -0.25) is 0 Å². The molecule has 0 heterocycles. The molecule has 78 valence electrons. The summed E-state index contributed by atoms with van der Waals surface area (Å²) in [7, 11) is 1.82. The Morgan fingerprint density at radius 2 is 2.07 bits per heavy atom. The first kappa shape index (κ1) is 11.0. The van der Waals surface area contributed by atoms with E-state index < -0.39 is 0 Å². The van der Waals surface area contributed by atoms with Crippen molar-refractivity contribution in [1.29, 1.82) is 0 Å². The van der Waals surface area contributed by atoms with Crippen molar-refractivity contribution in [2.75, 3.05) is 13.6 Å². The summed E-state index contributed by atoms with van der Waals surface area (Å²) in [6.07, 6.45) is 0. The molecular formula is C11H16FNO. The zero-order valence-corrected chi connectivity index (χ0v) is 8.76. The highest BCUT2D eigenvalue weighted by molar-refractivity contribution is 5.33. The topological polar surface area (TPSA) is 32.3 Å². The van der Waals surface area contributed by atoms with Crippen molar-refractivity contribution in [2.45, 2.75) is 19.3 Å². The molecule has 2 nitrogen and oxygen atoms in total. The van der Waals surface area contributed by atoms with Gasteiger partial charge in [-0.1, -0.05) is 13.8 Å². The fraction of sp³-hybridized carbons (Fsp3) is 0.455. The Hall–Kier alpha value is -1.09. The van der Waals surface area contributed by atoms with E-state index in [0.29, 0.717) is 12.1 Å². The van der Waals surface area contributed by atoms with Gasteiger partial charge in [-0.15, -0.1) is 0 Å². The van der Waals surface area contributed by atoms with Crippen molar-refractivity contribution in [3.05, 3.63) is 29.6 Å². The zero-order valence-electron chi connectivity index (χ0n) is 8.76. The quantitative estimate of drug-likeness (QED) is 0.777. The molecule has 0 aliphatic rings. The van der Waals surface area contributed by atoms with Crippen LogP contribution in [0.15, 0.2) is 18.2 Å². The van der Waals surface area contributed by atoms with Crippen LogP contribution in [0.3, 0.4) is 0 Å². The Morgan fingerprint density at radius 1 is 1.43 bits per heavy atom. The molecule has 0 amide bonds. The van der Waals surface area contributed by atoms with Crippen LogP contribution in [0.5, 0.6) is 5.75 Å². The van der Waals surface area contributed by atoms with Crippen LogP contribution < -0.4 is 5.32 Å². The number of likely N-dealkylation sites (N-methyl/N-ethyl adjacent to an activating group) is 1. The maximum absolute atomic E-state index is 13.4. The Morgan fingerprint density at radius 3 is 2.64 bits per heavy atom. The number of nitrogens with one attached hydrogen (secondary N) is 1. The van der Waals surface area contributed by atoms with Crippen LogP contribution in [0, 0.1) is 5.82 Å². The minimum atomic E-state index is -0.322. The summed E-state index contributed by atoms with van der Waals surface area (Å²) in [5.74, 6) is -0.173. The molecule has 0 radical (unpaired) electrons. The molecule has 0 bridgehead atoms. The lowest BCUT2D eigenvalue weighted by atomic mass is 9.84. The second-order valence-electron chi connectivity index (χ2n) is 4.08. The predicted molar refractivity (Wildman–Crippen MR) is 55.0 cm³/mol. The summed E-state index contributed by atoms with van der Waals surface area (Å²) < 4.78 is 13.4. The highest BCUT2D eigenvalue weighted by atomic mass is 19.1. The Balaban J connectivity index is 3.10. The molecule has 0 spiro atoms. The molecule has 3 heteroatoms. The minimum Gasteiger partial charge on any atom is -0.508 e. The third-order valence-electron chi connectivity index (χ3n) is 2.30. The number of rotatable bonds is 3.